The maximum Gasteiger partial charge on any atom is 0.251 e. The highest BCUT2D eigenvalue weighted by Gasteiger charge is 2.21. The Morgan fingerprint density at radius 3 is 2.73 bits per heavy atom. The third-order valence-corrected chi connectivity index (χ3v) is 6.21. The maximum absolute atomic E-state index is 13.2. The van der Waals surface area contributed by atoms with Gasteiger partial charge in [0, 0.05) is 30.8 Å². The van der Waals surface area contributed by atoms with E-state index >= 15 is 0 Å². The van der Waals surface area contributed by atoms with E-state index < -0.39 is 5.82 Å². The summed E-state index contributed by atoms with van der Waals surface area (Å²) in [6.45, 7) is 3.39. The van der Waals surface area contributed by atoms with Gasteiger partial charge in [0.05, 0.1) is 5.02 Å². The monoisotopic (exact) mass is 429 g/mol. The van der Waals surface area contributed by atoms with Gasteiger partial charge >= 0.3 is 0 Å². The number of rotatable bonds is 5. The molecule has 2 aromatic carbocycles. The van der Waals surface area contributed by atoms with Crippen molar-refractivity contribution in [1.29, 1.82) is 0 Å². The van der Waals surface area contributed by atoms with E-state index in [1.807, 2.05) is 0 Å². The first-order valence-corrected chi connectivity index (χ1v) is 10.7. The van der Waals surface area contributed by atoms with Gasteiger partial charge in [-0.25, -0.2) is 4.39 Å². The maximum atomic E-state index is 13.2. The molecule has 1 fully saturated rings. The van der Waals surface area contributed by atoms with Crippen LogP contribution in [-0.4, -0.2) is 36.3 Å². The van der Waals surface area contributed by atoms with Crippen LogP contribution >= 0.6 is 11.6 Å². The first-order chi connectivity index (χ1) is 14.5. The van der Waals surface area contributed by atoms with Crippen LogP contribution in [0.25, 0.3) is 0 Å². The van der Waals surface area contributed by atoms with Gasteiger partial charge in [-0.05, 0) is 73.7 Å². The molecule has 1 saturated heterocycles. The van der Waals surface area contributed by atoms with E-state index in [-0.39, 0.29) is 16.8 Å². The SMILES string of the molecule is O=C1CCc2ccc(CN3CCC(CNC(=O)c4ccc(F)c(Cl)c4)CC3)cc2N1. The minimum atomic E-state index is -0.526. The average molecular weight is 430 g/mol. The number of aryl methyl sites for hydroxylation is 1. The Labute approximate surface area is 180 Å². The van der Waals surface area contributed by atoms with Gasteiger partial charge in [0.2, 0.25) is 5.91 Å². The van der Waals surface area contributed by atoms with Crippen molar-refractivity contribution in [1.82, 2.24) is 10.2 Å². The van der Waals surface area contributed by atoms with E-state index in [2.05, 4.69) is 33.7 Å². The molecule has 0 radical (unpaired) electrons. The molecule has 0 aromatic heterocycles. The molecule has 0 unspecified atom stereocenters. The highest BCUT2D eigenvalue weighted by atomic mass is 35.5. The Morgan fingerprint density at radius 1 is 1.17 bits per heavy atom. The lowest BCUT2D eigenvalue weighted by molar-refractivity contribution is -0.116. The molecule has 2 amide bonds. The minimum Gasteiger partial charge on any atom is -0.352 e. The first kappa shape index (κ1) is 20.8. The first-order valence-electron chi connectivity index (χ1n) is 10.3. The minimum absolute atomic E-state index is 0.0438. The van der Waals surface area contributed by atoms with Gasteiger partial charge in [0.15, 0.2) is 0 Å². The largest absolute Gasteiger partial charge is 0.352 e. The van der Waals surface area contributed by atoms with Gasteiger partial charge in [-0.15, -0.1) is 0 Å². The Bertz CT molecular complexity index is 957. The van der Waals surface area contributed by atoms with Gasteiger partial charge in [0.1, 0.15) is 5.82 Å². The van der Waals surface area contributed by atoms with Crippen LogP contribution < -0.4 is 10.6 Å². The number of likely N-dealkylation sites (tertiary alicyclic amines) is 1. The molecule has 2 aliphatic rings. The smallest absolute Gasteiger partial charge is 0.251 e. The average Bonchev–Trinajstić information content (AvgIpc) is 2.74. The Hall–Kier alpha value is -2.44. The third kappa shape index (κ3) is 4.99. The van der Waals surface area contributed by atoms with E-state index in [4.69, 9.17) is 11.6 Å². The number of anilines is 1. The number of nitrogens with one attached hydrogen (secondary N) is 2. The fraction of sp³-hybridized carbons (Fsp3) is 0.391. The number of benzene rings is 2. The van der Waals surface area contributed by atoms with Crippen LogP contribution in [0.1, 0.15) is 40.7 Å². The van der Waals surface area contributed by atoms with E-state index in [1.165, 1.54) is 29.3 Å². The number of amides is 2. The topological polar surface area (TPSA) is 61.4 Å². The molecule has 158 valence electrons. The highest BCUT2D eigenvalue weighted by Crippen LogP contribution is 2.25. The molecular formula is C23H25ClFN3O2. The van der Waals surface area contributed by atoms with Crippen molar-refractivity contribution in [3.63, 3.8) is 0 Å². The molecule has 7 heteroatoms. The summed E-state index contributed by atoms with van der Waals surface area (Å²) in [5.41, 5.74) is 3.73. The van der Waals surface area contributed by atoms with Crippen LogP contribution in [0.3, 0.4) is 0 Å². The molecule has 30 heavy (non-hydrogen) atoms. The summed E-state index contributed by atoms with van der Waals surface area (Å²) in [5, 5.41) is 5.86. The fourth-order valence-corrected chi connectivity index (χ4v) is 4.28. The van der Waals surface area contributed by atoms with Gasteiger partial charge in [-0.3, -0.25) is 14.5 Å². The Balaban J connectivity index is 1.24. The molecule has 2 aromatic rings. The standard InChI is InChI=1S/C23H25ClFN3O2/c24-19-12-18(3-5-20(19)25)23(30)26-13-15-7-9-28(10-8-15)14-16-1-2-17-4-6-22(29)27-21(17)11-16/h1-3,5,11-12,15H,4,6-10,13-14H2,(H,26,30)(H,27,29). The second-order valence-electron chi connectivity index (χ2n) is 8.10. The number of carbonyl (C=O) groups excluding carboxylic acids is 2. The van der Waals surface area contributed by atoms with Crippen molar-refractivity contribution >= 4 is 29.1 Å². The van der Waals surface area contributed by atoms with Crippen molar-refractivity contribution < 1.29 is 14.0 Å². The second kappa shape index (κ2) is 9.14. The third-order valence-electron chi connectivity index (χ3n) is 5.92. The quantitative estimate of drug-likeness (QED) is 0.755. The zero-order valence-electron chi connectivity index (χ0n) is 16.7. The van der Waals surface area contributed by atoms with E-state index in [1.54, 1.807) is 0 Å². The van der Waals surface area contributed by atoms with Gasteiger partial charge < -0.3 is 10.6 Å². The van der Waals surface area contributed by atoms with E-state index in [9.17, 15) is 14.0 Å². The van der Waals surface area contributed by atoms with Crippen molar-refractivity contribution in [2.24, 2.45) is 5.92 Å². The van der Waals surface area contributed by atoms with E-state index in [0.29, 0.717) is 24.4 Å². The molecule has 0 spiro atoms. The zero-order valence-corrected chi connectivity index (χ0v) is 17.5. The van der Waals surface area contributed by atoms with E-state index in [0.717, 1.165) is 44.6 Å². The normalized spacial score (nSPS) is 17.3. The van der Waals surface area contributed by atoms with Gasteiger partial charge in [0.25, 0.3) is 5.91 Å². The second-order valence-corrected chi connectivity index (χ2v) is 8.51. The Morgan fingerprint density at radius 2 is 1.97 bits per heavy atom. The number of piperidine rings is 1. The number of halogens is 2. The summed E-state index contributed by atoms with van der Waals surface area (Å²) in [5.74, 6) is -0.244. The molecule has 0 saturated carbocycles. The summed E-state index contributed by atoms with van der Waals surface area (Å²) in [7, 11) is 0. The van der Waals surface area contributed by atoms with Crippen molar-refractivity contribution in [3.05, 3.63) is 63.9 Å². The number of nitrogens with zero attached hydrogens (tertiary/aromatic N) is 1. The van der Waals surface area contributed by atoms with Crippen molar-refractivity contribution in [2.45, 2.75) is 32.2 Å². The lowest BCUT2D eigenvalue weighted by atomic mass is 9.95. The summed E-state index contributed by atoms with van der Waals surface area (Å²) in [4.78, 5) is 26.3. The predicted molar refractivity (Wildman–Crippen MR) is 115 cm³/mol. The number of hydrogen-bond donors (Lipinski definition) is 2. The molecule has 2 aliphatic heterocycles. The van der Waals surface area contributed by atoms with Crippen LogP contribution in [0, 0.1) is 11.7 Å². The zero-order chi connectivity index (χ0) is 21.1. The fourth-order valence-electron chi connectivity index (χ4n) is 4.10. The molecule has 2 heterocycles. The number of fused-ring (bicyclic) bond motifs is 1. The van der Waals surface area contributed by atoms with Crippen molar-refractivity contribution in [3.8, 4) is 0 Å². The number of carbonyl (C=O) groups is 2. The van der Waals surface area contributed by atoms with Crippen LogP contribution in [0.15, 0.2) is 36.4 Å². The van der Waals surface area contributed by atoms with Crippen LogP contribution in [-0.2, 0) is 17.8 Å². The van der Waals surface area contributed by atoms with Crippen LogP contribution in [0.2, 0.25) is 5.02 Å². The molecule has 0 atom stereocenters. The molecule has 2 N–H and O–H groups in total. The summed E-state index contributed by atoms with van der Waals surface area (Å²) in [6.07, 6.45) is 3.38. The summed E-state index contributed by atoms with van der Waals surface area (Å²) in [6, 6.07) is 10.4. The molecular weight excluding hydrogens is 405 g/mol. The molecule has 0 aliphatic carbocycles. The van der Waals surface area contributed by atoms with Gasteiger partial charge in [-0.1, -0.05) is 23.7 Å². The molecule has 0 bridgehead atoms. The Kier molecular flexibility index (Phi) is 6.35. The highest BCUT2D eigenvalue weighted by molar-refractivity contribution is 6.31. The summed E-state index contributed by atoms with van der Waals surface area (Å²) >= 11 is 5.75. The lowest BCUT2D eigenvalue weighted by Gasteiger charge is -2.32. The number of hydrogen-bond acceptors (Lipinski definition) is 3. The van der Waals surface area contributed by atoms with Crippen LogP contribution in [0.5, 0.6) is 0 Å². The predicted octanol–water partition coefficient (Wildman–Crippen LogP) is 4.01. The lowest BCUT2D eigenvalue weighted by Crippen LogP contribution is -2.38. The van der Waals surface area contributed by atoms with Crippen molar-refractivity contribution in [2.75, 3.05) is 25.0 Å². The van der Waals surface area contributed by atoms with Gasteiger partial charge in [-0.2, -0.15) is 0 Å². The molecule has 4 rings (SSSR count). The van der Waals surface area contributed by atoms with Crippen LogP contribution in [0.4, 0.5) is 10.1 Å². The molecule has 5 nitrogen and oxygen atoms in total. The summed E-state index contributed by atoms with van der Waals surface area (Å²) < 4.78 is 13.2.